The summed E-state index contributed by atoms with van der Waals surface area (Å²) in [7, 11) is 0. The highest BCUT2D eigenvalue weighted by molar-refractivity contribution is 5.38. The van der Waals surface area contributed by atoms with E-state index in [4.69, 9.17) is 0 Å². The van der Waals surface area contributed by atoms with Crippen LogP contribution in [0.1, 0.15) is 29.7 Å². The number of rotatable bonds is 1. The lowest BCUT2D eigenvalue weighted by Crippen LogP contribution is -2.37. The van der Waals surface area contributed by atoms with Crippen molar-refractivity contribution in [1.82, 2.24) is 10.3 Å². The van der Waals surface area contributed by atoms with Crippen LogP contribution in [0.15, 0.2) is 48.8 Å². The lowest BCUT2D eigenvalue weighted by molar-refractivity contribution is 0.463. The zero-order valence-electron chi connectivity index (χ0n) is 9.93. The third-order valence-electron chi connectivity index (χ3n) is 3.37. The lowest BCUT2D eigenvalue weighted by Gasteiger charge is -2.31. The Labute approximate surface area is 102 Å². The summed E-state index contributed by atoms with van der Waals surface area (Å²) in [5.74, 6) is 0. The highest BCUT2D eigenvalue weighted by atomic mass is 15.0. The van der Waals surface area contributed by atoms with Crippen molar-refractivity contribution in [3.05, 3.63) is 65.5 Å². The molecule has 0 spiro atoms. The summed E-state index contributed by atoms with van der Waals surface area (Å²) >= 11 is 0. The maximum Gasteiger partial charge on any atom is 0.0596 e. The molecule has 2 aromatic rings. The Kier molecular flexibility index (Phi) is 2.65. The molecular formula is C15H16N2. The number of nitrogens with zero attached hydrogens (tertiary/aromatic N) is 1. The summed E-state index contributed by atoms with van der Waals surface area (Å²) in [5.41, 5.74) is 4.05. The molecule has 1 aromatic heterocycles. The molecule has 0 aliphatic carbocycles. The third kappa shape index (κ3) is 1.96. The molecule has 1 N–H and O–H groups in total. The van der Waals surface area contributed by atoms with Crippen LogP contribution < -0.4 is 5.32 Å². The molecule has 1 aliphatic rings. The van der Waals surface area contributed by atoms with Crippen LogP contribution in [0.3, 0.4) is 0 Å². The Hall–Kier alpha value is -1.67. The zero-order valence-corrected chi connectivity index (χ0v) is 9.93. The van der Waals surface area contributed by atoms with Crippen LogP contribution in [0.25, 0.3) is 0 Å². The predicted molar refractivity (Wildman–Crippen MR) is 68.8 cm³/mol. The number of hydrogen-bond donors (Lipinski definition) is 1. The van der Waals surface area contributed by atoms with E-state index in [9.17, 15) is 0 Å². The highest BCUT2D eigenvalue weighted by Gasteiger charge is 2.24. The minimum absolute atomic E-state index is 0.281. The first kappa shape index (κ1) is 10.5. The first-order valence-corrected chi connectivity index (χ1v) is 6.08. The van der Waals surface area contributed by atoms with E-state index in [1.54, 1.807) is 0 Å². The van der Waals surface area contributed by atoms with E-state index in [0.29, 0.717) is 6.04 Å². The Morgan fingerprint density at radius 3 is 2.82 bits per heavy atom. The Bertz CT molecular complexity index is 507. The van der Waals surface area contributed by atoms with E-state index < -0.39 is 0 Å². The quantitative estimate of drug-likeness (QED) is 0.805. The molecule has 0 fully saturated rings. The molecule has 2 atom stereocenters. The average molecular weight is 224 g/mol. The minimum Gasteiger partial charge on any atom is -0.303 e. The summed E-state index contributed by atoms with van der Waals surface area (Å²) in [5, 5.41) is 3.65. The van der Waals surface area contributed by atoms with Crippen LogP contribution in [0, 0.1) is 0 Å². The van der Waals surface area contributed by atoms with Gasteiger partial charge in [0.2, 0.25) is 0 Å². The number of nitrogens with one attached hydrogen (secondary N) is 1. The minimum atomic E-state index is 0.281. The molecule has 0 bridgehead atoms. The normalized spacial score (nSPS) is 23.1. The first-order valence-electron chi connectivity index (χ1n) is 6.08. The predicted octanol–water partition coefficient (Wildman–Crippen LogP) is 2.71. The molecule has 2 heterocycles. The van der Waals surface area contributed by atoms with Gasteiger partial charge in [-0.3, -0.25) is 4.98 Å². The molecule has 0 saturated heterocycles. The van der Waals surface area contributed by atoms with Gasteiger partial charge >= 0.3 is 0 Å². The van der Waals surface area contributed by atoms with Gasteiger partial charge in [-0.05, 0) is 36.1 Å². The van der Waals surface area contributed by atoms with Crippen molar-refractivity contribution >= 4 is 0 Å². The fourth-order valence-electron chi connectivity index (χ4n) is 2.57. The fourth-order valence-corrected chi connectivity index (χ4v) is 2.57. The number of fused-ring (bicyclic) bond motifs is 1. The van der Waals surface area contributed by atoms with Crippen LogP contribution in [-0.4, -0.2) is 11.0 Å². The van der Waals surface area contributed by atoms with Crippen molar-refractivity contribution in [2.24, 2.45) is 0 Å². The maximum atomic E-state index is 4.26. The van der Waals surface area contributed by atoms with E-state index >= 15 is 0 Å². The number of hydrogen-bond acceptors (Lipinski definition) is 2. The summed E-state index contributed by atoms with van der Waals surface area (Å²) in [6.07, 6.45) is 4.96. The molecule has 2 unspecified atom stereocenters. The van der Waals surface area contributed by atoms with Gasteiger partial charge in [-0.2, -0.15) is 0 Å². The van der Waals surface area contributed by atoms with Crippen LogP contribution in [0.4, 0.5) is 0 Å². The number of benzene rings is 1. The molecule has 1 aromatic carbocycles. The molecule has 17 heavy (non-hydrogen) atoms. The van der Waals surface area contributed by atoms with Gasteiger partial charge in [-0.1, -0.05) is 30.3 Å². The van der Waals surface area contributed by atoms with Crippen molar-refractivity contribution < 1.29 is 0 Å². The molecular weight excluding hydrogens is 208 g/mol. The molecule has 0 amide bonds. The second-order valence-corrected chi connectivity index (χ2v) is 4.69. The highest BCUT2D eigenvalue weighted by Crippen LogP contribution is 2.29. The largest absolute Gasteiger partial charge is 0.303 e. The smallest absolute Gasteiger partial charge is 0.0596 e. The van der Waals surface area contributed by atoms with Crippen LogP contribution in [0.2, 0.25) is 0 Å². The van der Waals surface area contributed by atoms with Crippen LogP contribution in [-0.2, 0) is 6.42 Å². The van der Waals surface area contributed by atoms with Crippen molar-refractivity contribution in [3.63, 3.8) is 0 Å². The third-order valence-corrected chi connectivity index (χ3v) is 3.37. The monoisotopic (exact) mass is 224 g/mol. The molecule has 1 aliphatic heterocycles. The Morgan fingerprint density at radius 1 is 1.18 bits per heavy atom. The molecule has 0 radical (unpaired) electrons. The van der Waals surface area contributed by atoms with E-state index in [-0.39, 0.29) is 6.04 Å². The Balaban J connectivity index is 2.07. The van der Waals surface area contributed by atoms with E-state index in [1.165, 1.54) is 16.7 Å². The van der Waals surface area contributed by atoms with E-state index in [0.717, 1.165) is 6.42 Å². The van der Waals surface area contributed by atoms with Crippen molar-refractivity contribution in [1.29, 1.82) is 0 Å². The second-order valence-electron chi connectivity index (χ2n) is 4.69. The zero-order chi connectivity index (χ0) is 11.7. The standard InChI is InChI=1S/C15H16N2/c1-11-9-13-7-8-16-10-14(13)15(17-11)12-5-3-2-4-6-12/h2-8,10-11,15,17H,9H2,1H3. The maximum absolute atomic E-state index is 4.26. The van der Waals surface area contributed by atoms with Gasteiger partial charge in [0.05, 0.1) is 6.04 Å². The van der Waals surface area contributed by atoms with E-state index in [1.807, 2.05) is 12.4 Å². The SMILES string of the molecule is CC1Cc2ccncc2C(c2ccccc2)N1. The van der Waals surface area contributed by atoms with Crippen LogP contribution >= 0.6 is 0 Å². The number of aromatic nitrogens is 1. The van der Waals surface area contributed by atoms with Crippen LogP contribution in [0.5, 0.6) is 0 Å². The molecule has 0 saturated carbocycles. The Morgan fingerprint density at radius 2 is 2.00 bits per heavy atom. The fraction of sp³-hybridized carbons (Fsp3) is 0.267. The van der Waals surface area contributed by atoms with Gasteiger partial charge in [0.25, 0.3) is 0 Å². The van der Waals surface area contributed by atoms with Gasteiger partial charge in [-0.25, -0.2) is 0 Å². The summed E-state index contributed by atoms with van der Waals surface area (Å²) in [4.78, 5) is 4.26. The van der Waals surface area contributed by atoms with Gasteiger partial charge in [0.1, 0.15) is 0 Å². The summed E-state index contributed by atoms with van der Waals surface area (Å²) < 4.78 is 0. The second kappa shape index (κ2) is 4.30. The summed E-state index contributed by atoms with van der Waals surface area (Å²) in [6.45, 7) is 2.24. The van der Waals surface area contributed by atoms with Gasteiger partial charge in [-0.15, -0.1) is 0 Å². The van der Waals surface area contributed by atoms with Crippen molar-refractivity contribution in [2.45, 2.75) is 25.4 Å². The van der Waals surface area contributed by atoms with Gasteiger partial charge in [0, 0.05) is 18.4 Å². The number of pyridine rings is 1. The molecule has 2 nitrogen and oxygen atoms in total. The lowest BCUT2D eigenvalue weighted by atomic mass is 9.88. The summed E-state index contributed by atoms with van der Waals surface area (Å²) in [6, 6.07) is 13.5. The molecule has 86 valence electrons. The average Bonchev–Trinajstić information content (AvgIpc) is 2.39. The van der Waals surface area contributed by atoms with Crippen molar-refractivity contribution in [2.75, 3.05) is 0 Å². The topological polar surface area (TPSA) is 24.9 Å². The van der Waals surface area contributed by atoms with Crippen molar-refractivity contribution in [3.8, 4) is 0 Å². The molecule has 3 rings (SSSR count). The van der Waals surface area contributed by atoms with Gasteiger partial charge < -0.3 is 5.32 Å². The van der Waals surface area contributed by atoms with Gasteiger partial charge in [0.15, 0.2) is 0 Å². The molecule has 2 heteroatoms. The van der Waals surface area contributed by atoms with E-state index in [2.05, 4.69) is 53.6 Å². The first-order chi connectivity index (χ1) is 8.34.